The highest BCUT2D eigenvalue weighted by Gasteiger charge is 2.41. The minimum Gasteiger partial charge on any atom is -0.474 e. The molecule has 2 aliphatic rings. The van der Waals surface area contributed by atoms with Gasteiger partial charge in [0, 0.05) is 37.2 Å². The number of carbonyl (C=O) groups excluding carboxylic acids is 2. The number of likely N-dealkylation sites (tertiary alicyclic amines) is 1. The quantitative estimate of drug-likeness (QED) is 0.252. The summed E-state index contributed by atoms with van der Waals surface area (Å²) < 4.78 is 11.5. The summed E-state index contributed by atoms with van der Waals surface area (Å²) in [4.78, 5) is 30.9. The maximum atomic E-state index is 12.5. The van der Waals surface area contributed by atoms with Crippen LogP contribution in [0.2, 0.25) is 0 Å². The summed E-state index contributed by atoms with van der Waals surface area (Å²) in [6.45, 7) is 10.3. The molecule has 0 spiro atoms. The molecule has 1 amide bonds. The summed E-state index contributed by atoms with van der Waals surface area (Å²) in [5.74, 6) is -1.64. The number of pyridine rings is 1. The van der Waals surface area contributed by atoms with Crippen molar-refractivity contribution in [3.8, 4) is 5.88 Å². The number of amides is 1. The van der Waals surface area contributed by atoms with Gasteiger partial charge in [0.15, 0.2) is 0 Å². The fraction of sp³-hybridized carbons (Fsp3) is 0.731. The van der Waals surface area contributed by atoms with E-state index in [-0.39, 0.29) is 30.0 Å². The number of piperidine rings is 1. The van der Waals surface area contributed by atoms with Gasteiger partial charge in [-0.1, -0.05) is 0 Å². The molecule has 8 N–H and O–H groups in total. The Balaban J connectivity index is 1.51. The second-order valence-corrected chi connectivity index (χ2v) is 11.6. The summed E-state index contributed by atoms with van der Waals surface area (Å²) in [5, 5.41) is 6.53. The number of hydrogen-bond donors (Lipinski definition) is 5. The van der Waals surface area contributed by atoms with E-state index in [2.05, 4.69) is 15.6 Å². The molecule has 1 aliphatic carbocycles. The molecule has 0 atom stereocenters. The number of anilines is 2. The Morgan fingerprint density at radius 2 is 1.70 bits per heavy atom. The minimum atomic E-state index is -1.69. The van der Waals surface area contributed by atoms with E-state index >= 15 is 0 Å². The van der Waals surface area contributed by atoms with Crippen LogP contribution in [0.25, 0.3) is 0 Å². The lowest BCUT2D eigenvalue weighted by Gasteiger charge is -2.41. The van der Waals surface area contributed by atoms with Gasteiger partial charge in [-0.15, -0.1) is 0 Å². The molecule has 1 aromatic heterocycles. The molecule has 1 saturated carbocycles. The number of rotatable bonds is 8. The second-order valence-electron chi connectivity index (χ2n) is 11.6. The second kappa shape index (κ2) is 11.8. The minimum absolute atomic E-state index is 0.0658. The van der Waals surface area contributed by atoms with Gasteiger partial charge in [0.25, 0.3) is 0 Å². The van der Waals surface area contributed by atoms with E-state index in [1.165, 1.54) is 0 Å². The van der Waals surface area contributed by atoms with Gasteiger partial charge in [-0.2, -0.15) is 0 Å². The fourth-order valence-corrected chi connectivity index (χ4v) is 4.76. The van der Waals surface area contributed by atoms with Crippen LogP contribution in [0.3, 0.4) is 0 Å². The van der Waals surface area contributed by atoms with Crippen LogP contribution in [0, 0.1) is 5.92 Å². The molecule has 1 aliphatic heterocycles. The molecule has 0 radical (unpaired) electrons. The number of nitrogen functional groups attached to an aromatic ring is 1. The van der Waals surface area contributed by atoms with Crippen LogP contribution in [0.15, 0.2) is 12.3 Å². The van der Waals surface area contributed by atoms with Crippen LogP contribution >= 0.6 is 0 Å². The molecule has 2 heterocycles. The SMILES string of the molecule is CC(C)NC(=O)C1CCC(Nc2cc(OC3CCN(C(N)(N)C(=O)OC(C)(C)C)CC3)ncc2N)CC1. The molecule has 208 valence electrons. The predicted molar refractivity (Wildman–Crippen MR) is 143 cm³/mol. The van der Waals surface area contributed by atoms with Crippen molar-refractivity contribution < 1.29 is 19.1 Å². The monoisotopic (exact) mass is 519 g/mol. The Labute approximate surface area is 220 Å². The zero-order chi connectivity index (χ0) is 27.4. The molecule has 11 nitrogen and oxygen atoms in total. The number of hydrogen-bond acceptors (Lipinski definition) is 10. The van der Waals surface area contributed by atoms with Crippen molar-refractivity contribution in [3.63, 3.8) is 0 Å². The van der Waals surface area contributed by atoms with Crippen molar-refractivity contribution in [1.82, 2.24) is 15.2 Å². The van der Waals surface area contributed by atoms with Gasteiger partial charge < -0.3 is 25.8 Å². The molecule has 0 unspecified atom stereocenters. The van der Waals surface area contributed by atoms with Crippen LogP contribution in [0.1, 0.15) is 73.1 Å². The predicted octanol–water partition coefficient (Wildman–Crippen LogP) is 1.92. The van der Waals surface area contributed by atoms with Crippen molar-refractivity contribution in [3.05, 3.63) is 12.3 Å². The standard InChI is InChI=1S/C26H45N7O4/c1-16(2)31-23(34)17-6-8-18(9-7-17)32-21-14-22(30-15-20(21)27)36-19-10-12-33(13-11-19)26(28,29)24(35)37-25(3,4)5/h14-19H,6-13,27-29H2,1-5H3,(H,30,32)(H,31,34). The number of carbonyl (C=O) groups is 2. The highest BCUT2D eigenvalue weighted by atomic mass is 16.6. The van der Waals surface area contributed by atoms with Gasteiger partial charge in [-0.05, 0) is 73.1 Å². The normalized spacial score (nSPS) is 21.9. The van der Waals surface area contributed by atoms with Crippen molar-refractivity contribution in [2.75, 3.05) is 24.1 Å². The maximum Gasteiger partial charge on any atom is 0.357 e. The Bertz CT molecular complexity index is 931. The summed E-state index contributed by atoms with van der Waals surface area (Å²) in [7, 11) is 0. The van der Waals surface area contributed by atoms with Gasteiger partial charge in [0.05, 0.1) is 17.6 Å². The Hall–Kier alpha value is -2.63. The topological polar surface area (TPSA) is 171 Å². The summed E-state index contributed by atoms with van der Waals surface area (Å²) in [6.07, 6.45) is 6.25. The van der Waals surface area contributed by atoms with Crippen molar-refractivity contribution in [2.45, 2.75) is 103 Å². The van der Waals surface area contributed by atoms with Crippen LogP contribution in [0.4, 0.5) is 11.4 Å². The molecular formula is C26H45N7O4. The maximum absolute atomic E-state index is 12.5. The Kier molecular flexibility index (Phi) is 9.25. The van der Waals surface area contributed by atoms with Gasteiger partial charge >= 0.3 is 5.97 Å². The van der Waals surface area contributed by atoms with Crippen LogP contribution in [0.5, 0.6) is 5.88 Å². The summed E-state index contributed by atoms with van der Waals surface area (Å²) >= 11 is 0. The van der Waals surface area contributed by atoms with Crippen molar-refractivity contribution in [2.24, 2.45) is 17.4 Å². The molecule has 2 fully saturated rings. The largest absolute Gasteiger partial charge is 0.474 e. The van der Waals surface area contributed by atoms with Gasteiger partial charge in [-0.25, -0.2) is 9.78 Å². The van der Waals surface area contributed by atoms with E-state index in [9.17, 15) is 9.59 Å². The molecule has 1 saturated heterocycles. The summed E-state index contributed by atoms with van der Waals surface area (Å²) in [5.41, 5.74) is 19.1. The first kappa shape index (κ1) is 28.9. The first-order chi connectivity index (χ1) is 17.2. The van der Waals surface area contributed by atoms with E-state index in [0.717, 1.165) is 31.4 Å². The van der Waals surface area contributed by atoms with Gasteiger partial charge in [0.1, 0.15) is 11.7 Å². The first-order valence-corrected chi connectivity index (χ1v) is 13.3. The van der Waals surface area contributed by atoms with Crippen LogP contribution in [-0.2, 0) is 14.3 Å². The Morgan fingerprint density at radius 3 is 2.27 bits per heavy atom. The average molecular weight is 520 g/mol. The third-order valence-corrected chi connectivity index (χ3v) is 6.78. The number of nitrogens with two attached hydrogens (primary N) is 3. The van der Waals surface area contributed by atoms with E-state index in [1.54, 1.807) is 31.9 Å². The van der Waals surface area contributed by atoms with Crippen LogP contribution < -0.4 is 32.6 Å². The van der Waals surface area contributed by atoms with Crippen LogP contribution in [-0.4, -0.2) is 64.4 Å². The average Bonchev–Trinajstić information content (AvgIpc) is 2.80. The molecule has 3 rings (SSSR count). The number of esters is 1. The fourth-order valence-electron chi connectivity index (χ4n) is 4.76. The molecule has 0 aromatic carbocycles. The highest BCUT2D eigenvalue weighted by molar-refractivity contribution is 5.79. The number of aromatic nitrogens is 1. The third-order valence-electron chi connectivity index (χ3n) is 6.78. The van der Waals surface area contributed by atoms with Crippen molar-refractivity contribution in [1.29, 1.82) is 0 Å². The highest BCUT2D eigenvalue weighted by Crippen LogP contribution is 2.31. The van der Waals surface area contributed by atoms with Crippen molar-refractivity contribution >= 4 is 23.3 Å². The molecule has 37 heavy (non-hydrogen) atoms. The lowest BCUT2D eigenvalue weighted by Crippen LogP contribution is -2.70. The molecular weight excluding hydrogens is 474 g/mol. The lowest BCUT2D eigenvalue weighted by molar-refractivity contribution is -0.171. The lowest BCUT2D eigenvalue weighted by atomic mass is 9.85. The number of ether oxygens (including phenoxy) is 2. The molecule has 0 bridgehead atoms. The van der Waals surface area contributed by atoms with E-state index in [0.29, 0.717) is 37.5 Å². The smallest absolute Gasteiger partial charge is 0.357 e. The first-order valence-electron chi connectivity index (χ1n) is 13.3. The third kappa shape index (κ3) is 8.18. The molecule has 1 aromatic rings. The van der Waals surface area contributed by atoms with E-state index in [1.807, 2.05) is 19.9 Å². The number of nitrogens with zero attached hydrogens (tertiary/aromatic N) is 2. The molecule has 11 heteroatoms. The zero-order valence-corrected chi connectivity index (χ0v) is 22.9. The number of nitrogens with one attached hydrogen (secondary N) is 2. The summed E-state index contributed by atoms with van der Waals surface area (Å²) in [6, 6.07) is 2.22. The van der Waals surface area contributed by atoms with E-state index in [4.69, 9.17) is 26.7 Å². The zero-order valence-electron chi connectivity index (χ0n) is 22.9. The van der Waals surface area contributed by atoms with E-state index < -0.39 is 17.4 Å². The van der Waals surface area contributed by atoms with Gasteiger partial charge in [-0.3, -0.25) is 21.2 Å². The Morgan fingerprint density at radius 1 is 1.08 bits per heavy atom. The van der Waals surface area contributed by atoms with Gasteiger partial charge in [0.2, 0.25) is 17.6 Å².